The fourth-order valence-corrected chi connectivity index (χ4v) is 1.99. The van der Waals surface area contributed by atoms with Crippen LogP contribution in [0.1, 0.15) is 31.5 Å². The van der Waals surface area contributed by atoms with Gasteiger partial charge in [0.05, 0.1) is 11.9 Å². The fraction of sp³-hybridized carbons (Fsp3) is 0.727. The molecule has 1 aromatic rings. The summed E-state index contributed by atoms with van der Waals surface area (Å²) in [5, 5.41) is 11.4. The van der Waals surface area contributed by atoms with Gasteiger partial charge in [0.1, 0.15) is 6.04 Å². The maximum absolute atomic E-state index is 11.8. The number of likely N-dealkylation sites (tertiary alicyclic amines) is 1. The molecule has 1 amide bonds. The molecule has 1 unspecified atom stereocenters. The molecule has 1 saturated heterocycles. The third-order valence-electron chi connectivity index (χ3n) is 3.01. The lowest BCUT2D eigenvalue weighted by atomic mass is 10.2. The minimum absolute atomic E-state index is 0.128. The van der Waals surface area contributed by atoms with Crippen LogP contribution in [0.3, 0.4) is 0 Å². The molecule has 1 aromatic heterocycles. The fourth-order valence-electron chi connectivity index (χ4n) is 1.99. The monoisotopic (exact) mass is 237 g/mol. The second kappa shape index (κ2) is 5.27. The topological polar surface area (TPSA) is 63.1 Å². The molecule has 6 nitrogen and oxygen atoms in total. The zero-order valence-corrected chi connectivity index (χ0v) is 10.4. The Morgan fingerprint density at radius 1 is 1.59 bits per heavy atom. The Bertz CT molecular complexity index is 389. The van der Waals surface area contributed by atoms with Crippen LogP contribution < -0.4 is 5.32 Å². The number of amides is 1. The predicted octanol–water partition coefficient (Wildman–Crippen LogP) is 0.181. The van der Waals surface area contributed by atoms with Crippen LogP contribution in [0, 0.1) is 0 Å². The standard InChI is InChI=1S/C11H19N5O/c1-3-5-12-7-9-8-16(14-13-9)10-4-6-15(2)11(10)17/h8,10,12H,3-7H2,1-2H3. The zero-order chi connectivity index (χ0) is 12.3. The van der Waals surface area contributed by atoms with Crippen molar-refractivity contribution in [1.82, 2.24) is 25.2 Å². The van der Waals surface area contributed by atoms with Crippen molar-refractivity contribution in [3.05, 3.63) is 11.9 Å². The van der Waals surface area contributed by atoms with Crippen molar-refractivity contribution >= 4 is 5.91 Å². The summed E-state index contributed by atoms with van der Waals surface area (Å²) in [7, 11) is 1.82. The van der Waals surface area contributed by atoms with E-state index in [0.29, 0.717) is 6.54 Å². The van der Waals surface area contributed by atoms with Gasteiger partial charge in [-0.05, 0) is 19.4 Å². The van der Waals surface area contributed by atoms with E-state index in [4.69, 9.17) is 0 Å². The van der Waals surface area contributed by atoms with Crippen molar-refractivity contribution in [3.63, 3.8) is 0 Å². The highest BCUT2D eigenvalue weighted by Crippen LogP contribution is 2.20. The van der Waals surface area contributed by atoms with Crippen molar-refractivity contribution < 1.29 is 4.79 Å². The van der Waals surface area contributed by atoms with Gasteiger partial charge in [-0.2, -0.15) is 0 Å². The zero-order valence-electron chi connectivity index (χ0n) is 10.4. The Morgan fingerprint density at radius 3 is 3.06 bits per heavy atom. The van der Waals surface area contributed by atoms with E-state index in [-0.39, 0.29) is 11.9 Å². The molecule has 0 aromatic carbocycles. The first-order chi connectivity index (χ1) is 8.22. The van der Waals surface area contributed by atoms with Crippen LogP contribution in [0.15, 0.2) is 6.20 Å². The smallest absolute Gasteiger partial charge is 0.247 e. The molecule has 2 heterocycles. The van der Waals surface area contributed by atoms with Crippen LogP contribution in [0.4, 0.5) is 0 Å². The van der Waals surface area contributed by atoms with E-state index in [1.54, 1.807) is 9.58 Å². The van der Waals surface area contributed by atoms with E-state index in [1.807, 2.05) is 13.2 Å². The van der Waals surface area contributed by atoms with Gasteiger partial charge in [-0.3, -0.25) is 4.79 Å². The third kappa shape index (κ3) is 2.63. The molecule has 1 fully saturated rings. The van der Waals surface area contributed by atoms with E-state index in [1.165, 1.54) is 0 Å². The number of likely N-dealkylation sites (N-methyl/N-ethyl adjacent to an activating group) is 1. The molecule has 94 valence electrons. The minimum Gasteiger partial charge on any atom is -0.344 e. The van der Waals surface area contributed by atoms with Gasteiger partial charge < -0.3 is 10.2 Å². The highest BCUT2D eigenvalue weighted by Gasteiger charge is 2.31. The summed E-state index contributed by atoms with van der Waals surface area (Å²) >= 11 is 0. The van der Waals surface area contributed by atoms with E-state index in [2.05, 4.69) is 22.6 Å². The lowest BCUT2D eigenvalue weighted by Gasteiger charge is -2.09. The lowest BCUT2D eigenvalue weighted by molar-refractivity contribution is -0.129. The molecule has 17 heavy (non-hydrogen) atoms. The molecule has 2 rings (SSSR count). The Kier molecular flexibility index (Phi) is 3.73. The number of rotatable bonds is 5. The number of nitrogens with zero attached hydrogens (tertiary/aromatic N) is 4. The molecule has 0 bridgehead atoms. The maximum Gasteiger partial charge on any atom is 0.247 e. The molecule has 1 atom stereocenters. The van der Waals surface area contributed by atoms with Crippen molar-refractivity contribution in [1.29, 1.82) is 0 Å². The summed E-state index contributed by atoms with van der Waals surface area (Å²) in [6.45, 7) is 4.60. The van der Waals surface area contributed by atoms with Crippen molar-refractivity contribution in [2.75, 3.05) is 20.1 Å². The molecule has 0 saturated carbocycles. The van der Waals surface area contributed by atoms with Crippen molar-refractivity contribution in [3.8, 4) is 0 Å². The van der Waals surface area contributed by atoms with Gasteiger partial charge >= 0.3 is 0 Å². The SMILES string of the molecule is CCCNCc1cn(C2CCN(C)C2=O)nn1. The number of hydrogen-bond acceptors (Lipinski definition) is 4. The molecular weight excluding hydrogens is 218 g/mol. The van der Waals surface area contributed by atoms with Gasteiger partial charge in [0.25, 0.3) is 0 Å². The molecule has 1 aliphatic heterocycles. The van der Waals surface area contributed by atoms with Crippen LogP contribution in [-0.4, -0.2) is 45.9 Å². The highest BCUT2D eigenvalue weighted by molar-refractivity contribution is 5.82. The van der Waals surface area contributed by atoms with Crippen LogP contribution in [0.25, 0.3) is 0 Å². The normalized spacial score (nSPS) is 20.2. The number of hydrogen-bond donors (Lipinski definition) is 1. The van der Waals surface area contributed by atoms with Crippen LogP contribution in [0.2, 0.25) is 0 Å². The predicted molar refractivity (Wildman–Crippen MR) is 63.3 cm³/mol. The largest absolute Gasteiger partial charge is 0.344 e. The molecule has 6 heteroatoms. The average molecular weight is 237 g/mol. The van der Waals surface area contributed by atoms with Gasteiger partial charge in [-0.1, -0.05) is 12.1 Å². The van der Waals surface area contributed by atoms with Crippen molar-refractivity contribution in [2.45, 2.75) is 32.4 Å². The first kappa shape index (κ1) is 12.0. The molecular formula is C11H19N5O. The lowest BCUT2D eigenvalue weighted by Crippen LogP contribution is -2.24. The summed E-state index contributed by atoms with van der Waals surface area (Å²) in [6, 6.07) is -0.160. The number of nitrogens with one attached hydrogen (secondary N) is 1. The Morgan fingerprint density at radius 2 is 2.41 bits per heavy atom. The summed E-state index contributed by atoms with van der Waals surface area (Å²) in [4.78, 5) is 13.5. The Hall–Kier alpha value is -1.43. The van der Waals surface area contributed by atoms with Gasteiger partial charge in [0.15, 0.2) is 0 Å². The van der Waals surface area contributed by atoms with Crippen LogP contribution in [0.5, 0.6) is 0 Å². The first-order valence-corrected chi connectivity index (χ1v) is 6.08. The van der Waals surface area contributed by atoms with Gasteiger partial charge in [0, 0.05) is 20.1 Å². The van der Waals surface area contributed by atoms with Crippen LogP contribution >= 0.6 is 0 Å². The maximum atomic E-state index is 11.8. The Balaban J connectivity index is 1.96. The average Bonchev–Trinajstić information content (AvgIpc) is 2.89. The first-order valence-electron chi connectivity index (χ1n) is 6.08. The second-order valence-electron chi connectivity index (χ2n) is 4.43. The third-order valence-corrected chi connectivity index (χ3v) is 3.01. The minimum atomic E-state index is -0.160. The van der Waals surface area contributed by atoms with E-state index in [0.717, 1.165) is 31.6 Å². The van der Waals surface area contributed by atoms with Crippen molar-refractivity contribution in [2.24, 2.45) is 0 Å². The summed E-state index contributed by atoms with van der Waals surface area (Å²) in [5.41, 5.74) is 0.890. The number of carbonyl (C=O) groups excluding carboxylic acids is 1. The molecule has 0 spiro atoms. The molecule has 1 N–H and O–H groups in total. The number of carbonyl (C=O) groups is 1. The Labute approximate surface area is 101 Å². The quantitative estimate of drug-likeness (QED) is 0.742. The van der Waals surface area contributed by atoms with E-state index < -0.39 is 0 Å². The van der Waals surface area contributed by atoms with Gasteiger partial charge in [-0.15, -0.1) is 5.10 Å². The molecule has 0 radical (unpaired) electrons. The van der Waals surface area contributed by atoms with E-state index in [9.17, 15) is 4.79 Å². The van der Waals surface area contributed by atoms with Gasteiger partial charge in [-0.25, -0.2) is 4.68 Å². The summed E-state index contributed by atoms with van der Waals surface area (Å²) in [6.07, 6.45) is 3.78. The summed E-state index contributed by atoms with van der Waals surface area (Å²) < 4.78 is 1.69. The second-order valence-corrected chi connectivity index (χ2v) is 4.43. The van der Waals surface area contributed by atoms with Crippen LogP contribution in [-0.2, 0) is 11.3 Å². The van der Waals surface area contributed by atoms with E-state index >= 15 is 0 Å². The summed E-state index contributed by atoms with van der Waals surface area (Å²) in [5.74, 6) is 0.128. The molecule has 0 aliphatic carbocycles. The molecule has 1 aliphatic rings. The highest BCUT2D eigenvalue weighted by atomic mass is 16.2. The van der Waals surface area contributed by atoms with Gasteiger partial charge in [0.2, 0.25) is 5.91 Å². The number of aromatic nitrogens is 3.